The van der Waals surface area contributed by atoms with Crippen molar-refractivity contribution in [3.05, 3.63) is 0 Å². The van der Waals surface area contributed by atoms with Crippen LogP contribution >= 0.6 is 0 Å². The summed E-state index contributed by atoms with van der Waals surface area (Å²) in [5, 5.41) is 3.24. The lowest BCUT2D eigenvalue weighted by Gasteiger charge is -2.25. The van der Waals surface area contributed by atoms with E-state index in [9.17, 15) is 9.59 Å². The van der Waals surface area contributed by atoms with Crippen LogP contribution in [0.15, 0.2) is 0 Å². The smallest absolute Gasteiger partial charge is 0.247 e. The van der Waals surface area contributed by atoms with E-state index in [1.165, 1.54) is 12.8 Å². The maximum atomic E-state index is 12.5. The van der Waals surface area contributed by atoms with E-state index in [4.69, 9.17) is 4.74 Å². The lowest BCUT2D eigenvalue weighted by Crippen LogP contribution is -2.44. The Labute approximate surface area is 127 Å². The molecule has 1 aliphatic carbocycles. The predicted octanol–water partition coefficient (Wildman–Crippen LogP) is 1.71. The summed E-state index contributed by atoms with van der Waals surface area (Å²) in [6.45, 7) is 3.44. The van der Waals surface area contributed by atoms with Gasteiger partial charge in [-0.05, 0) is 18.8 Å². The summed E-state index contributed by atoms with van der Waals surface area (Å²) in [5.74, 6) is 0.324. The van der Waals surface area contributed by atoms with Crippen LogP contribution in [0.5, 0.6) is 0 Å². The van der Waals surface area contributed by atoms with Gasteiger partial charge in [0.1, 0.15) is 0 Å². The summed E-state index contributed by atoms with van der Waals surface area (Å²) >= 11 is 0. The zero-order valence-corrected chi connectivity index (χ0v) is 13.3. The molecule has 5 heteroatoms. The number of rotatable bonds is 6. The fourth-order valence-electron chi connectivity index (χ4n) is 3.40. The molecule has 0 aromatic carbocycles. The molecular formula is C16H28N2O3. The van der Waals surface area contributed by atoms with Crippen molar-refractivity contribution >= 4 is 11.8 Å². The van der Waals surface area contributed by atoms with Crippen molar-refractivity contribution < 1.29 is 14.3 Å². The lowest BCUT2D eigenvalue weighted by atomic mass is 10.1. The van der Waals surface area contributed by atoms with Gasteiger partial charge >= 0.3 is 0 Å². The fraction of sp³-hybridized carbons (Fsp3) is 0.875. The van der Waals surface area contributed by atoms with Crippen LogP contribution in [0.3, 0.4) is 0 Å². The van der Waals surface area contributed by atoms with E-state index >= 15 is 0 Å². The van der Waals surface area contributed by atoms with Crippen molar-refractivity contribution in [2.75, 3.05) is 20.3 Å². The topological polar surface area (TPSA) is 58.6 Å². The average molecular weight is 296 g/mol. The Morgan fingerprint density at radius 3 is 2.52 bits per heavy atom. The molecule has 2 fully saturated rings. The van der Waals surface area contributed by atoms with Gasteiger partial charge in [0, 0.05) is 26.3 Å². The first-order valence-electron chi connectivity index (χ1n) is 8.21. The molecular weight excluding hydrogens is 268 g/mol. The number of hydrogen-bond donors (Lipinski definition) is 1. The van der Waals surface area contributed by atoms with Crippen molar-refractivity contribution in [1.29, 1.82) is 0 Å². The molecule has 1 heterocycles. The van der Waals surface area contributed by atoms with Gasteiger partial charge in [-0.15, -0.1) is 0 Å². The molecule has 0 spiro atoms. The zero-order valence-electron chi connectivity index (χ0n) is 13.3. The largest absolute Gasteiger partial charge is 0.384 e. The maximum Gasteiger partial charge on any atom is 0.247 e. The molecule has 2 rings (SSSR count). The van der Waals surface area contributed by atoms with E-state index in [2.05, 4.69) is 12.2 Å². The number of amides is 2. The molecule has 21 heavy (non-hydrogen) atoms. The molecule has 1 saturated carbocycles. The minimum Gasteiger partial charge on any atom is -0.384 e. The highest BCUT2D eigenvalue weighted by Gasteiger charge is 2.41. The lowest BCUT2D eigenvalue weighted by molar-refractivity contribution is -0.141. The molecule has 1 N–H and O–H groups in total. The van der Waals surface area contributed by atoms with Crippen molar-refractivity contribution in [3.63, 3.8) is 0 Å². The highest BCUT2D eigenvalue weighted by atomic mass is 16.5. The van der Waals surface area contributed by atoms with Gasteiger partial charge in [0.05, 0.1) is 12.5 Å². The van der Waals surface area contributed by atoms with E-state index in [1.807, 2.05) is 0 Å². The maximum absolute atomic E-state index is 12.5. The van der Waals surface area contributed by atoms with Crippen LogP contribution in [-0.2, 0) is 14.3 Å². The minimum atomic E-state index is -0.333. The molecule has 2 amide bonds. The number of carbonyl (C=O) groups is 2. The second-order valence-corrected chi connectivity index (χ2v) is 6.47. The number of nitrogens with one attached hydrogen (secondary N) is 1. The highest BCUT2D eigenvalue weighted by Crippen LogP contribution is 2.26. The van der Waals surface area contributed by atoms with Gasteiger partial charge in [-0.25, -0.2) is 0 Å². The van der Waals surface area contributed by atoms with Gasteiger partial charge in [-0.1, -0.05) is 32.6 Å². The molecule has 0 radical (unpaired) electrons. The van der Waals surface area contributed by atoms with Crippen LogP contribution in [0, 0.1) is 5.92 Å². The molecule has 5 nitrogen and oxygen atoms in total. The van der Waals surface area contributed by atoms with Gasteiger partial charge < -0.3 is 10.1 Å². The standard InChI is InChI=1S/C16H28N2O3/c1-12(11-21-2)10-17-14-9-15(19)18(16(14)20)13-7-5-3-4-6-8-13/h12-14,17H,3-11H2,1-2H3. The Balaban J connectivity index is 1.89. The Bertz CT molecular complexity index is 365. The predicted molar refractivity (Wildman–Crippen MR) is 80.8 cm³/mol. The second-order valence-electron chi connectivity index (χ2n) is 6.47. The van der Waals surface area contributed by atoms with E-state index in [0.717, 1.165) is 25.7 Å². The summed E-state index contributed by atoms with van der Waals surface area (Å²) in [4.78, 5) is 26.3. The van der Waals surface area contributed by atoms with Crippen LogP contribution in [0.1, 0.15) is 51.9 Å². The summed E-state index contributed by atoms with van der Waals surface area (Å²) in [7, 11) is 1.68. The first-order chi connectivity index (χ1) is 10.1. The van der Waals surface area contributed by atoms with Gasteiger partial charge in [0.2, 0.25) is 11.8 Å². The molecule has 2 unspecified atom stereocenters. The molecule has 2 aliphatic rings. The van der Waals surface area contributed by atoms with Crippen LogP contribution in [-0.4, -0.2) is 49.1 Å². The molecule has 0 bridgehead atoms. The Kier molecular flexibility index (Phi) is 6.18. The third-order valence-electron chi connectivity index (χ3n) is 4.54. The van der Waals surface area contributed by atoms with Crippen LogP contribution in [0.4, 0.5) is 0 Å². The number of carbonyl (C=O) groups excluding carboxylic acids is 2. The van der Waals surface area contributed by atoms with Crippen LogP contribution in [0.2, 0.25) is 0 Å². The summed E-state index contributed by atoms with van der Waals surface area (Å²) in [5.41, 5.74) is 0. The number of hydrogen-bond acceptors (Lipinski definition) is 4. The highest BCUT2D eigenvalue weighted by molar-refractivity contribution is 6.05. The number of methoxy groups -OCH3 is 1. The van der Waals surface area contributed by atoms with E-state index in [0.29, 0.717) is 25.5 Å². The van der Waals surface area contributed by atoms with E-state index in [-0.39, 0.29) is 23.9 Å². The molecule has 1 aliphatic heterocycles. The molecule has 0 aromatic rings. The quantitative estimate of drug-likeness (QED) is 0.599. The zero-order chi connectivity index (χ0) is 15.2. The van der Waals surface area contributed by atoms with Crippen molar-refractivity contribution in [1.82, 2.24) is 10.2 Å². The SMILES string of the molecule is COCC(C)CNC1CC(=O)N(C2CCCCCC2)C1=O. The Morgan fingerprint density at radius 1 is 1.24 bits per heavy atom. The summed E-state index contributed by atoms with van der Waals surface area (Å²) < 4.78 is 5.09. The minimum absolute atomic E-state index is 0.00351. The van der Waals surface area contributed by atoms with Crippen molar-refractivity contribution in [2.45, 2.75) is 64.0 Å². The number of imide groups is 1. The van der Waals surface area contributed by atoms with E-state index in [1.54, 1.807) is 12.0 Å². The summed E-state index contributed by atoms with van der Waals surface area (Å²) in [6.07, 6.45) is 6.98. The van der Waals surface area contributed by atoms with Crippen LogP contribution in [0.25, 0.3) is 0 Å². The van der Waals surface area contributed by atoms with Gasteiger partial charge in [-0.2, -0.15) is 0 Å². The Hall–Kier alpha value is -0.940. The molecule has 120 valence electrons. The van der Waals surface area contributed by atoms with Crippen molar-refractivity contribution in [3.8, 4) is 0 Å². The van der Waals surface area contributed by atoms with Crippen LogP contribution < -0.4 is 5.32 Å². The first-order valence-corrected chi connectivity index (χ1v) is 8.21. The van der Waals surface area contributed by atoms with E-state index < -0.39 is 0 Å². The third-order valence-corrected chi connectivity index (χ3v) is 4.54. The first kappa shape index (κ1) is 16.4. The van der Waals surface area contributed by atoms with Crippen molar-refractivity contribution in [2.24, 2.45) is 5.92 Å². The van der Waals surface area contributed by atoms with Gasteiger partial charge in [0.15, 0.2) is 0 Å². The normalized spacial score (nSPS) is 26.2. The van der Waals surface area contributed by atoms with Gasteiger partial charge in [-0.3, -0.25) is 14.5 Å². The number of likely N-dealkylation sites (tertiary alicyclic amines) is 1. The number of ether oxygens (including phenoxy) is 1. The summed E-state index contributed by atoms with van der Waals surface area (Å²) in [6, 6.07) is -0.198. The fourth-order valence-corrected chi connectivity index (χ4v) is 3.40. The molecule has 2 atom stereocenters. The average Bonchev–Trinajstić information content (AvgIpc) is 2.65. The molecule has 0 aromatic heterocycles. The number of nitrogens with zero attached hydrogens (tertiary/aromatic N) is 1. The molecule has 1 saturated heterocycles. The third kappa shape index (κ3) is 4.27. The second kappa shape index (κ2) is 7.90. The monoisotopic (exact) mass is 296 g/mol. The van der Waals surface area contributed by atoms with Gasteiger partial charge in [0.25, 0.3) is 0 Å². The Morgan fingerprint density at radius 2 is 1.90 bits per heavy atom.